The average molecular weight is 652 g/mol. The Bertz CT molecular complexity index is 1610. The van der Waals surface area contributed by atoms with E-state index < -0.39 is 21.3 Å². The minimum atomic E-state index is -4.26. The van der Waals surface area contributed by atoms with E-state index >= 15 is 0 Å². The van der Waals surface area contributed by atoms with Crippen LogP contribution in [0.15, 0.2) is 74.9 Å². The number of rotatable bonds is 8. The van der Waals surface area contributed by atoms with Crippen LogP contribution in [-0.2, 0) is 26.3 Å². The van der Waals surface area contributed by atoms with Crippen molar-refractivity contribution in [1.82, 2.24) is 4.90 Å². The van der Waals surface area contributed by atoms with Gasteiger partial charge in [0.15, 0.2) is 11.5 Å². The highest BCUT2D eigenvalue weighted by molar-refractivity contribution is 9.10. The molecule has 1 fully saturated rings. The molecule has 1 aliphatic heterocycles. The van der Waals surface area contributed by atoms with Crippen LogP contribution in [0.3, 0.4) is 0 Å². The standard InChI is InChI=1S/C26H20BrClN2O7S2/c1-15(31)29-19-6-8-20(9-7-19)39(34,35)37-24-21(27)11-17(12-22(24)36-2)13-23-25(32)30(26(33)38-23)14-16-4-3-5-18(28)10-16/h3-13H,14H2,1-2H3,(H,29,31)/b23-13-. The maximum atomic E-state index is 13.0. The fraction of sp³-hybridized carbons (Fsp3) is 0.115. The van der Waals surface area contributed by atoms with Gasteiger partial charge in [0, 0.05) is 17.6 Å². The Labute approximate surface area is 242 Å². The van der Waals surface area contributed by atoms with Gasteiger partial charge in [0.2, 0.25) is 5.91 Å². The number of nitrogens with one attached hydrogen (secondary N) is 1. The van der Waals surface area contributed by atoms with Crippen molar-refractivity contribution in [1.29, 1.82) is 0 Å². The molecule has 1 heterocycles. The normalized spacial score (nSPS) is 14.6. The number of hydrogen-bond acceptors (Lipinski definition) is 8. The van der Waals surface area contributed by atoms with Crippen molar-refractivity contribution in [3.05, 3.63) is 86.2 Å². The number of amides is 3. The van der Waals surface area contributed by atoms with Gasteiger partial charge in [-0.25, -0.2) is 0 Å². The van der Waals surface area contributed by atoms with Crippen LogP contribution in [-0.4, -0.2) is 37.5 Å². The Kier molecular flexibility index (Phi) is 8.70. The molecule has 3 aromatic rings. The van der Waals surface area contributed by atoms with E-state index in [1.807, 2.05) is 0 Å². The van der Waals surface area contributed by atoms with E-state index in [-0.39, 0.29) is 38.2 Å². The number of carbonyl (C=O) groups excluding carboxylic acids is 3. The molecule has 0 radical (unpaired) electrons. The van der Waals surface area contributed by atoms with Gasteiger partial charge in [-0.05, 0) is 93.4 Å². The van der Waals surface area contributed by atoms with E-state index in [9.17, 15) is 22.8 Å². The van der Waals surface area contributed by atoms with E-state index in [0.29, 0.717) is 21.8 Å². The van der Waals surface area contributed by atoms with Gasteiger partial charge >= 0.3 is 10.1 Å². The molecule has 39 heavy (non-hydrogen) atoms. The van der Waals surface area contributed by atoms with Gasteiger partial charge in [0.1, 0.15) is 4.90 Å². The summed E-state index contributed by atoms with van der Waals surface area (Å²) in [6.07, 6.45) is 1.51. The van der Waals surface area contributed by atoms with Crippen LogP contribution in [0.25, 0.3) is 6.08 Å². The monoisotopic (exact) mass is 650 g/mol. The minimum absolute atomic E-state index is 0.0754. The van der Waals surface area contributed by atoms with Gasteiger partial charge < -0.3 is 14.2 Å². The zero-order valence-corrected chi connectivity index (χ0v) is 24.4. The summed E-state index contributed by atoms with van der Waals surface area (Å²) in [7, 11) is -2.92. The minimum Gasteiger partial charge on any atom is -0.493 e. The Morgan fingerprint density at radius 3 is 2.49 bits per heavy atom. The van der Waals surface area contributed by atoms with E-state index in [0.717, 1.165) is 16.7 Å². The smallest absolute Gasteiger partial charge is 0.339 e. The van der Waals surface area contributed by atoms with Crippen molar-refractivity contribution in [2.75, 3.05) is 12.4 Å². The Morgan fingerprint density at radius 1 is 1.13 bits per heavy atom. The number of benzene rings is 3. The molecule has 0 unspecified atom stereocenters. The highest BCUT2D eigenvalue weighted by atomic mass is 79.9. The molecule has 0 aromatic heterocycles. The van der Waals surface area contributed by atoms with E-state index in [4.69, 9.17) is 20.5 Å². The Hall–Kier alpha value is -3.32. The summed E-state index contributed by atoms with van der Waals surface area (Å²) in [4.78, 5) is 37.9. The predicted molar refractivity (Wildman–Crippen MR) is 152 cm³/mol. The largest absolute Gasteiger partial charge is 0.493 e. The van der Waals surface area contributed by atoms with Crippen LogP contribution < -0.4 is 14.2 Å². The highest BCUT2D eigenvalue weighted by Gasteiger charge is 2.35. The van der Waals surface area contributed by atoms with E-state index in [1.165, 1.54) is 56.5 Å². The molecular weight excluding hydrogens is 632 g/mol. The van der Waals surface area contributed by atoms with Crippen LogP contribution in [0.5, 0.6) is 11.5 Å². The van der Waals surface area contributed by atoms with Gasteiger partial charge in [0.25, 0.3) is 11.1 Å². The lowest BCUT2D eigenvalue weighted by atomic mass is 10.1. The van der Waals surface area contributed by atoms with Crippen molar-refractivity contribution >= 4 is 78.2 Å². The summed E-state index contributed by atoms with van der Waals surface area (Å²) in [6.45, 7) is 1.42. The van der Waals surface area contributed by atoms with Crippen LogP contribution in [0, 0.1) is 0 Å². The van der Waals surface area contributed by atoms with Crippen LogP contribution in [0.1, 0.15) is 18.1 Å². The SMILES string of the molecule is COc1cc(/C=C2\SC(=O)N(Cc3cccc(Cl)c3)C2=O)cc(Br)c1OS(=O)(=O)c1ccc(NC(C)=O)cc1. The first-order valence-electron chi connectivity index (χ1n) is 11.2. The molecule has 9 nitrogen and oxygen atoms in total. The van der Waals surface area contributed by atoms with Crippen molar-refractivity contribution in [3.8, 4) is 11.5 Å². The van der Waals surface area contributed by atoms with E-state index in [2.05, 4.69) is 21.2 Å². The number of nitrogens with zero attached hydrogens (tertiary/aromatic N) is 1. The Morgan fingerprint density at radius 2 is 1.85 bits per heavy atom. The molecule has 0 atom stereocenters. The average Bonchev–Trinajstić information content (AvgIpc) is 3.12. The molecule has 0 saturated carbocycles. The molecule has 1 saturated heterocycles. The van der Waals surface area contributed by atoms with E-state index in [1.54, 1.807) is 24.3 Å². The second-order valence-corrected chi connectivity index (χ2v) is 12.0. The highest BCUT2D eigenvalue weighted by Crippen LogP contribution is 2.40. The number of ether oxygens (including phenoxy) is 1. The van der Waals surface area contributed by atoms with Gasteiger partial charge in [-0.2, -0.15) is 8.42 Å². The molecule has 1 N–H and O–H groups in total. The van der Waals surface area contributed by atoms with Gasteiger partial charge in [-0.15, -0.1) is 0 Å². The molecular formula is C26H20BrClN2O7S2. The molecule has 202 valence electrons. The maximum Gasteiger partial charge on any atom is 0.339 e. The number of methoxy groups -OCH3 is 1. The predicted octanol–water partition coefficient (Wildman–Crippen LogP) is 6.07. The number of hydrogen-bond donors (Lipinski definition) is 1. The molecule has 3 amide bonds. The second kappa shape index (κ2) is 11.8. The van der Waals surface area contributed by atoms with Crippen molar-refractivity contribution < 1.29 is 31.7 Å². The third kappa shape index (κ3) is 6.82. The fourth-order valence-electron chi connectivity index (χ4n) is 3.58. The lowest BCUT2D eigenvalue weighted by Gasteiger charge is -2.14. The van der Waals surface area contributed by atoms with Gasteiger partial charge in [0.05, 0.1) is 23.0 Å². The van der Waals surface area contributed by atoms with Crippen molar-refractivity contribution in [2.45, 2.75) is 18.4 Å². The van der Waals surface area contributed by atoms with Gasteiger partial charge in [-0.1, -0.05) is 23.7 Å². The second-order valence-electron chi connectivity index (χ2n) is 8.17. The van der Waals surface area contributed by atoms with Crippen molar-refractivity contribution in [3.63, 3.8) is 0 Å². The quantitative estimate of drug-likeness (QED) is 0.230. The summed E-state index contributed by atoms with van der Waals surface area (Å²) < 4.78 is 36.8. The molecule has 1 aliphatic rings. The topological polar surface area (TPSA) is 119 Å². The summed E-state index contributed by atoms with van der Waals surface area (Å²) in [5.74, 6) is -0.783. The third-order valence-electron chi connectivity index (χ3n) is 5.31. The zero-order chi connectivity index (χ0) is 28.3. The van der Waals surface area contributed by atoms with Crippen LogP contribution in [0.2, 0.25) is 5.02 Å². The fourth-order valence-corrected chi connectivity index (χ4v) is 6.23. The number of anilines is 1. The van der Waals surface area contributed by atoms with Crippen molar-refractivity contribution in [2.24, 2.45) is 0 Å². The molecule has 0 bridgehead atoms. The number of carbonyl (C=O) groups is 3. The number of imide groups is 1. The molecule has 3 aromatic carbocycles. The lowest BCUT2D eigenvalue weighted by molar-refractivity contribution is -0.123. The Balaban J connectivity index is 1.56. The first-order chi connectivity index (χ1) is 18.5. The third-order valence-corrected chi connectivity index (χ3v) is 8.28. The van der Waals surface area contributed by atoms with Crippen LogP contribution >= 0.6 is 39.3 Å². The zero-order valence-electron chi connectivity index (χ0n) is 20.4. The number of thioether (sulfide) groups is 1. The first kappa shape index (κ1) is 28.7. The summed E-state index contributed by atoms with van der Waals surface area (Å²) in [6, 6.07) is 15.4. The maximum absolute atomic E-state index is 13.0. The van der Waals surface area contributed by atoms with Gasteiger partial charge in [-0.3, -0.25) is 19.3 Å². The summed E-state index contributed by atoms with van der Waals surface area (Å²) in [5, 5.41) is 2.63. The van der Waals surface area contributed by atoms with Crippen LogP contribution in [0.4, 0.5) is 10.5 Å². The molecule has 0 spiro atoms. The molecule has 4 rings (SSSR count). The number of halogens is 2. The molecule has 13 heteroatoms. The molecule has 0 aliphatic carbocycles. The lowest BCUT2D eigenvalue weighted by Crippen LogP contribution is -2.27. The first-order valence-corrected chi connectivity index (χ1v) is 14.6. The summed E-state index contributed by atoms with van der Waals surface area (Å²) >= 11 is 10.1. The summed E-state index contributed by atoms with van der Waals surface area (Å²) in [5.41, 5.74) is 1.61.